The van der Waals surface area contributed by atoms with E-state index in [9.17, 15) is 9.59 Å². The Morgan fingerprint density at radius 2 is 2.19 bits per heavy atom. The van der Waals surface area contributed by atoms with Gasteiger partial charge in [-0.05, 0) is 12.1 Å². The fourth-order valence-electron chi connectivity index (χ4n) is 3.52. The zero-order valence-corrected chi connectivity index (χ0v) is 15.8. The Labute approximate surface area is 159 Å². The molecule has 0 radical (unpaired) electrons. The van der Waals surface area contributed by atoms with Crippen LogP contribution in [0.25, 0.3) is 0 Å². The largest absolute Gasteiger partial charge is 0.497 e. The number of nitrogens with one attached hydrogen (secondary N) is 3. The lowest BCUT2D eigenvalue weighted by Gasteiger charge is -2.23. The van der Waals surface area contributed by atoms with E-state index in [1.807, 2.05) is 24.3 Å². The molecule has 0 spiro atoms. The van der Waals surface area contributed by atoms with Gasteiger partial charge in [0.05, 0.1) is 32.9 Å². The number of urea groups is 1. The molecule has 2 saturated heterocycles. The standard InChI is InChI=1S/C19H28N4O4/c1-26-17-5-2-4-16(13-17)23-14-15(12-18(23)24)21-19(25)20-6-3-7-22-8-10-27-11-9-22/h2,4-5,13,15H,3,6-12,14H2,1H3,(H2,20,21,25)/p+1/t15-/m1/s1. The number of morpholine rings is 1. The number of anilines is 1. The molecule has 8 heteroatoms. The molecule has 1 aromatic rings. The van der Waals surface area contributed by atoms with E-state index in [-0.39, 0.29) is 18.0 Å². The molecule has 8 nitrogen and oxygen atoms in total. The molecule has 2 heterocycles. The van der Waals surface area contributed by atoms with Crippen molar-refractivity contribution in [3.63, 3.8) is 0 Å². The van der Waals surface area contributed by atoms with Gasteiger partial charge >= 0.3 is 6.03 Å². The van der Waals surface area contributed by atoms with Crippen LogP contribution in [0.15, 0.2) is 24.3 Å². The number of rotatable bonds is 7. The summed E-state index contributed by atoms with van der Waals surface area (Å²) < 4.78 is 10.6. The second kappa shape index (κ2) is 9.57. The Bertz CT molecular complexity index is 648. The highest BCUT2D eigenvalue weighted by Crippen LogP contribution is 2.25. The lowest BCUT2D eigenvalue weighted by Crippen LogP contribution is -3.14. The summed E-state index contributed by atoms with van der Waals surface area (Å²) in [5.41, 5.74) is 0.789. The SMILES string of the molecule is COc1cccc(N2C[C@H](NC(=O)NCCC[NH+]3CCOCC3)CC2=O)c1. The molecule has 2 fully saturated rings. The van der Waals surface area contributed by atoms with E-state index in [0.29, 0.717) is 25.3 Å². The summed E-state index contributed by atoms with van der Waals surface area (Å²) in [5, 5.41) is 5.80. The van der Waals surface area contributed by atoms with Crippen molar-refractivity contribution in [3.8, 4) is 5.75 Å². The zero-order valence-electron chi connectivity index (χ0n) is 15.8. The molecule has 0 aliphatic carbocycles. The van der Waals surface area contributed by atoms with Gasteiger partial charge in [-0.25, -0.2) is 4.79 Å². The summed E-state index contributed by atoms with van der Waals surface area (Å²) in [6, 6.07) is 6.99. The molecule has 0 unspecified atom stereocenters. The van der Waals surface area contributed by atoms with E-state index in [1.54, 1.807) is 12.0 Å². The molecular formula is C19H29N4O4+. The minimum absolute atomic E-state index is 0.00414. The van der Waals surface area contributed by atoms with Gasteiger partial charge in [0.25, 0.3) is 0 Å². The van der Waals surface area contributed by atoms with Crippen molar-refractivity contribution < 1.29 is 24.0 Å². The Morgan fingerprint density at radius 3 is 2.96 bits per heavy atom. The summed E-state index contributed by atoms with van der Waals surface area (Å²) >= 11 is 0. The number of carbonyl (C=O) groups excluding carboxylic acids is 2. The minimum atomic E-state index is -0.211. The average molecular weight is 377 g/mol. The summed E-state index contributed by atoms with van der Waals surface area (Å²) in [6.45, 7) is 5.86. The zero-order chi connectivity index (χ0) is 19.1. The average Bonchev–Trinajstić information content (AvgIpc) is 3.06. The lowest BCUT2D eigenvalue weighted by molar-refractivity contribution is -0.908. The van der Waals surface area contributed by atoms with Crippen LogP contribution >= 0.6 is 0 Å². The van der Waals surface area contributed by atoms with Gasteiger partial charge in [-0.15, -0.1) is 0 Å². The van der Waals surface area contributed by atoms with Gasteiger partial charge in [0.1, 0.15) is 18.8 Å². The van der Waals surface area contributed by atoms with Crippen LogP contribution in [0.5, 0.6) is 5.75 Å². The molecule has 0 aromatic heterocycles. The van der Waals surface area contributed by atoms with Gasteiger partial charge in [-0.3, -0.25) is 4.79 Å². The first-order valence-electron chi connectivity index (χ1n) is 9.56. The molecule has 3 N–H and O–H groups in total. The highest BCUT2D eigenvalue weighted by molar-refractivity contribution is 5.97. The van der Waals surface area contributed by atoms with E-state index in [0.717, 1.165) is 45.0 Å². The fourth-order valence-corrected chi connectivity index (χ4v) is 3.52. The van der Waals surface area contributed by atoms with Gasteiger partial charge in [0.15, 0.2) is 0 Å². The van der Waals surface area contributed by atoms with Crippen LogP contribution in [-0.2, 0) is 9.53 Å². The van der Waals surface area contributed by atoms with Crippen LogP contribution in [-0.4, -0.2) is 71.0 Å². The second-order valence-corrected chi connectivity index (χ2v) is 6.97. The smallest absolute Gasteiger partial charge is 0.315 e. The maximum Gasteiger partial charge on any atom is 0.315 e. The number of amides is 3. The molecule has 2 aliphatic rings. The van der Waals surface area contributed by atoms with Crippen molar-refractivity contribution >= 4 is 17.6 Å². The Hall–Kier alpha value is -2.32. The van der Waals surface area contributed by atoms with E-state index in [2.05, 4.69) is 10.6 Å². The van der Waals surface area contributed by atoms with Crippen molar-refractivity contribution in [1.29, 1.82) is 0 Å². The monoisotopic (exact) mass is 377 g/mol. The van der Waals surface area contributed by atoms with Crippen LogP contribution < -0.4 is 25.2 Å². The van der Waals surface area contributed by atoms with Crippen molar-refractivity contribution in [2.24, 2.45) is 0 Å². The van der Waals surface area contributed by atoms with Crippen molar-refractivity contribution in [3.05, 3.63) is 24.3 Å². The topological polar surface area (TPSA) is 84.3 Å². The fraction of sp³-hybridized carbons (Fsp3) is 0.579. The first kappa shape index (κ1) is 19.4. The molecule has 148 valence electrons. The lowest BCUT2D eigenvalue weighted by atomic mass is 10.2. The van der Waals surface area contributed by atoms with Crippen LogP contribution in [0.3, 0.4) is 0 Å². The van der Waals surface area contributed by atoms with E-state index >= 15 is 0 Å². The summed E-state index contributed by atoms with van der Waals surface area (Å²) in [5.74, 6) is 0.710. The molecule has 0 saturated carbocycles. The number of hydrogen-bond donors (Lipinski definition) is 3. The quantitative estimate of drug-likeness (QED) is 0.555. The minimum Gasteiger partial charge on any atom is -0.497 e. The predicted octanol–water partition coefficient (Wildman–Crippen LogP) is -0.595. The van der Waals surface area contributed by atoms with Crippen LogP contribution in [0.2, 0.25) is 0 Å². The number of methoxy groups -OCH3 is 1. The molecule has 2 aliphatic heterocycles. The van der Waals surface area contributed by atoms with E-state index in [1.165, 1.54) is 4.90 Å². The third-order valence-corrected chi connectivity index (χ3v) is 5.02. The third kappa shape index (κ3) is 5.58. The van der Waals surface area contributed by atoms with E-state index in [4.69, 9.17) is 9.47 Å². The van der Waals surface area contributed by atoms with Crippen molar-refractivity contribution in [2.75, 3.05) is 57.9 Å². The van der Waals surface area contributed by atoms with Gasteiger partial charge in [0, 0.05) is 37.7 Å². The number of benzene rings is 1. The van der Waals surface area contributed by atoms with Gasteiger partial charge in [0.2, 0.25) is 5.91 Å². The Kier molecular flexibility index (Phi) is 6.89. The molecular weight excluding hydrogens is 348 g/mol. The maximum atomic E-state index is 12.3. The van der Waals surface area contributed by atoms with Crippen molar-refractivity contribution in [2.45, 2.75) is 18.9 Å². The predicted molar refractivity (Wildman–Crippen MR) is 101 cm³/mol. The van der Waals surface area contributed by atoms with E-state index < -0.39 is 0 Å². The van der Waals surface area contributed by atoms with Crippen LogP contribution in [0, 0.1) is 0 Å². The highest BCUT2D eigenvalue weighted by atomic mass is 16.5. The number of hydrogen-bond acceptors (Lipinski definition) is 4. The Balaban J connectivity index is 1.39. The van der Waals surface area contributed by atoms with Crippen LogP contribution in [0.4, 0.5) is 10.5 Å². The molecule has 0 bridgehead atoms. The molecule has 27 heavy (non-hydrogen) atoms. The summed E-state index contributed by atoms with van der Waals surface area (Å²) in [7, 11) is 1.60. The molecule has 3 amide bonds. The van der Waals surface area contributed by atoms with Crippen LogP contribution in [0.1, 0.15) is 12.8 Å². The van der Waals surface area contributed by atoms with Gasteiger partial charge < -0.3 is 29.9 Å². The number of quaternary nitrogens is 1. The highest BCUT2D eigenvalue weighted by Gasteiger charge is 2.31. The third-order valence-electron chi connectivity index (χ3n) is 5.02. The number of nitrogens with zero attached hydrogens (tertiary/aromatic N) is 1. The first-order valence-corrected chi connectivity index (χ1v) is 9.56. The molecule has 3 rings (SSSR count). The van der Waals surface area contributed by atoms with Gasteiger partial charge in [-0.2, -0.15) is 0 Å². The van der Waals surface area contributed by atoms with Crippen molar-refractivity contribution in [1.82, 2.24) is 10.6 Å². The number of carbonyl (C=O) groups is 2. The maximum absolute atomic E-state index is 12.3. The molecule has 1 atom stereocenters. The molecule has 1 aromatic carbocycles. The second-order valence-electron chi connectivity index (χ2n) is 6.97. The first-order chi connectivity index (χ1) is 13.2. The summed E-state index contributed by atoms with van der Waals surface area (Å²) in [4.78, 5) is 27.6. The summed E-state index contributed by atoms with van der Waals surface area (Å²) in [6.07, 6.45) is 1.24. The Morgan fingerprint density at radius 1 is 1.37 bits per heavy atom. The van der Waals surface area contributed by atoms with Gasteiger partial charge in [-0.1, -0.05) is 6.07 Å². The normalized spacial score (nSPS) is 20.6. The number of ether oxygens (including phenoxy) is 2.